The van der Waals surface area contributed by atoms with Gasteiger partial charge in [-0.2, -0.15) is 0 Å². The van der Waals surface area contributed by atoms with E-state index < -0.39 is 0 Å². The van der Waals surface area contributed by atoms with Crippen LogP contribution >= 0.6 is 11.3 Å². The molecular weight excluding hydrogens is 384 g/mol. The first-order chi connectivity index (χ1) is 14.2. The molecule has 5 aromatic rings. The van der Waals surface area contributed by atoms with Gasteiger partial charge in [0, 0.05) is 22.8 Å². The Labute approximate surface area is 170 Å². The molecule has 0 radical (unpaired) electrons. The fourth-order valence-corrected chi connectivity index (χ4v) is 4.10. The number of nitrogens with one attached hydrogen (secondary N) is 1. The normalized spacial score (nSPS) is 11.2. The Morgan fingerprint density at radius 3 is 2.93 bits per heavy atom. The van der Waals surface area contributed by atoms with Gasteiger partial charge in [-0.25, -0.2) is 9.97 Å². The van der Waals surface area contributed by atoms with Gasteiger partial charge < -0.3 is 9.84 Å². The van der Waals surface area contributed by atoms with Gasteiger partial charge in [0.1, 0.15) is 21.0 Å². The number of fused-ring (bicyclic) bond motifs is 2. The number of amides is 1. The number of aromatic nitrogens is 3. The Bertz CT molecular complexity index is 1320. The summed E-state index contributed by atoms with van der Waals surface area (Å²) in [6.45, 7) is 1.96. The summed E-state index contributed by atoms with van der Waals surface area (Å²) in [5.41, 5.74) is 4.86. The summed E-state index contributed by atoms with van der Waals surface area (Å²) in [6.07, 6.45) is 1.91. The lowest BCUT2D eigenvalue weighted by Gasteiger charge is -2.09. The predicted molar refractivity (Wildman–Crippen MR) is 114 cm³/mol. The predicted octanol–water partition coefficient (Wildman–Crippen LogP) is 4.99. The van der Waals surface area contributed by atoms with Crippen molar-refractivity contribution >= 4 is 44.2 Å². The molecule has 7 heteroatoms. The van der Waals surface area contributed by atoms with Crippen LogP contribution < -0.4 is 5.32 Å². The van der Waals surface area contributed by atoms with Gasteiger partial charge in [-0.1, -0.05) is 40.8 Å². The van der Waals surface area contributed by atoms with Crippen LogP contribution in [0.4, 0.5) is 5.69 Å². The van der Waals surface area contributed by atoms with Crippen LogP contribution in [0.5, 0.6) is 0 Å². The van der Waals surface area contributed by atoms with Crippen LogP contribution in [0, 0.1) is 6.92 Å². The lowest BCUT2D eigenvalue weighted by Crippen LogP contribution is -2.15. The number of nitrogens with zero attached hydrogens (tertiary/aromatic N) is 3. The van der Waals surface area contributed by atoms with E-state index in [1.165, 1.54) is 11.3 Å². The standard InChI is InChI=1S/C22H16N4O2S/c1-13-8-9-14(21-25-16-6-4-10-23-22(16)29-21)11-17(13)24-20(27)12-18-15-5-2-3-7-19(15)28-26-18/h2-11H,12H2,1H3,(H,24,27). The first-order valence-corrected chi connectivity index (χ1v) is 9.95. The molecule has 3 heterocycles. The van der Waals surface area contributed by atoms with Gasteiger partial charge in [-0.15, -0.1) is 0 Å². The first-order valence-electron chi connectivity index (χ1n) is 9.13. The molecule has 5 rings (SSSR count). The zero-order chi connectivity index (χ0) is 19.8. The molecule has 0 aliphatic rings. The third kappa shape index (κ3) is 3.36. The van der Waals surface area contributed by atoms with Crippen molar-refractivity contribution < 1.29 is 9.32 Å². The van der Waals surface area contributed by atoms with Crippen molar-refractivity contribution in [1.29, 1.82) is 0 Å². The van der Waals surface area contributed by atoms with E-state index in [2.05, 4.69) is 20.4 Å². The van der Waals surface area contributed by atoms with Crippen LogP contribution in [0.25, 0.3) is 31.9 Å². The molecule has 0 aliphatic heterocycles. The van der Waals surface area contributed by atoms with E-state index in [1.54, 1.807) is 6.20 Å². The van der Waals surface area contributed by atoms with Crippen LogP contribution in [-0.4, -0.2) is 21.0 Å². The summed E-state index contributed by atoms with van der Waals surface area (Å²) in [6, 6.07) is 17.3. The van der Waals surface area contributed by atoms with Crippen molar-refractivity contribution in [3.63, 3.8) is 0 Å². The van der Waals surface area contributed by atoms with Crippen LogP contribution in [0.3, 0.4) is 0 Å². The number of pyridine rings is 1. The Morgan fingerprint density at radius 2 is 2.03 bits per heavy atom. The van der Waals surface area contributed by atoms with Gasteiger partial charge in [0.2, 0.25) is 5.91 Å². The number of rotatable bonds is 4. The number of hydrogen-bond donors (Lipinski definition) is 1. The van der Waals surface area contributed by atoms with E-state index in [4.69, 9.17) is 4.52 Å². The summed E-state index contributed by atoms with van der Waals surface area (Å²) >= 11 is 1.53. The van der Waals surface area contributed by atoms with E-state index in [9.17, 15) is 4.79 Å². The zero-order valence-corrected chi connectivity index (χ0v) is 16.4. The highest BCUT2D eigenvalue weighted by Crippen LogP contribution is 2.31. The maximum atomic E-state index is 12.6. The second-order valence-corrected chi connectivity index (χ2v) is 7.70. The van der Waals surface area contributed by atoms with Crippen LogP contribution in [0.15, 0.2) is 65.3 Å². The Hall–Kier alpha value is -3.58. The van der Waals surface area contributed by atoms with Crippen LogP contribution in [0.1, 0.15) is 11.3 Å². The van der Waals surface area contributed by atoms with Crippen LogP contribution in [0.2, 0.25) is 0 Å². The molecular formula is C22H16N4O2S. The number of thiazole rings is 1. The molecule has 0 fully saturated rings. The van der Waals surface area contributed by atoms with Crippen LogP contribution in [-0.2, 0) is 11.2 Å². The van der Waals surface area contributed by atoms with Gasteiger partial charge >= 0.3 is 0 Å². The minimum atomic E-state index is -0.143. The molecule has 29 heavy (non-hydrogen) atoms. The number of anilines is 1. The van der Waals surface area contributed by atoms with Gasteiger partial charge in [-0.3, -0.25) is 4.79 Å². The monoisotopic (exact) mass is 400 g/mol. The fourth-order valence-electron chi connectivity index (χ4n) is 3.20. The fraction of sp³-hybridized carbons (Fsp3) is 0.0909. The lowest BCUT2D eigenvalue weighted by atomic mass is 10.1. The molecule has 0 bridgehead atoms. The Balaban J connectivity index is 1.40. The van der Waals surface area contributed by atoms with Gasteiger partial charge in [0.05, 0.1) is 6.42 Å². The second kappa shape index (κ2) is 7.10. The number of aryl methyl sites for hydroxylation is 1. The minimum absolute atomic E-state index is 0.143. The topological polar surface area (TPSA) is 80.9 Å². The molecule has 0 saturated heterocycles. The maximum absolute atomic E-state index is 12.6. The molecule has 142 valence electrons. The van der Waals surface area contributed by atoms with E-state index in [0.717, 1.165) is 37.6 Å². The summed E-state index contributed by atoms with van der Waals surface area (Å²) in [5.74, 6) is -0.143. The van der Waals surface area contributed by atoms with E-state index in [1.807, 2.05) is 61.5 Å². The largest absolute Gasteiger partial charge is 0.356 e. The first kappa shape index (κ1) is 17.5. The molecule has 0 spiro atoms. The smallest absolute Gasteiger partial charge is 0.230 e. The quantitative estimate of drug-likeness (QED) is 0.460. The van der Waals surface area contributed by atoms with Crippen molar-refractivity contribution in [2.24, 2.45) is 0 Å². The summed E-state index contributed by atoms with van der Waals surface area (Å²) in [7, 11) is 0. The molecule has 0 aliphatic carbocycles. The summed E-state index contributed by atoms with van der Waals surface area (Å²) in [5, 5.41) is 8.76. The average Bonchev–Trinajstić information content (AvgIpc) is 3.34. The third-order valence-corrected chi connectivity index (χ3v) is 5.73. The van der Waals surface area contributed by atoms with Crippen molar-refractivity contribution in [3.8, 4) is 10.6 Å². The van der Waals surface area contributed by atoms with Crippen molar-refractivity contribution in [1.82, 2.24) is 15.1 Å². The number of carbonyl (C=O) groups excluding carboxylic acids is 1. The third-order valence-electron chi connectivity index (χ3n) is 4.71. The number of carbonyl (C=O) groups is 1. The van der Waals surface area contributed by atoms with E-state index in [-0.39, 0.29) is 12.3 Å². The highest BCUT2D eigenvalue weighted by molar-refractivity contribution is 7.21. The van der Waals surface area contributed by atoms with Crippen molar-refractivity contribution in [2.45, 2.75) is 13.3 Å². The van der Waals surface area contributed by atoms with Crippen molar-refractivity contribution in [3.05, 3.63) is 72.1 Å². The SMILES string of the molecule is Cc1ccc(-c2nc3cccnc3s2)cc1NC(=O)Cc1noc2ccccc12. The zero-order valence-electron chi connectivity index (χ0n) is 15.5. The van der Waals surface area contributed by atoms with Gasteiger partial charge in [-0.05, 0) is 42.8 Å². The lowest BCUT2D eigenvalue weighted by molar-refractivity contribution is -0.115. The Kier molecular flexibility index (Phi) is 4.29. The highest BCUT2D eigenvalue weighted by atomic mass is 32.1. The van der Waals surface area contributed by atoms with Gasteiger partial charge in [0.25, 0.3) is 0 Å². The summed E-state index contributed by atoms with van der Waals surface area (Å²) in [4.78, 5) is 22.5. The van der Waals surface area contributed by atoms with Gasteiger partial charge in [0.15, 0.2) is 5.58 Å². The van der Waals surface area contributed by atoms with Crippen molar-refractivity contribution in [2.75, 3.05) is 5.32 Å². The summed E-state index contributed by atoms with van der Waals surface area (Å²) < 4.78 is 5.29. The molecule has 2 aromatic carbocycles. The number of para-hydroxylation sites is 1. The Morgan fingerprint density at radius 1 is 1.14 bits per heavy atom. The maximum Gasteiger partial charge on any atom is 0.230 e. The number of hydrogen-bond acceptors (Lipinski definition) is 6. The molecule has 0 unspecified atom stereocenters. The molecule has 3 aromatic heterocycles. The highest BCUT2D eigenvalue weighted by Gasteiger charge is 2.14. The molecule has 0 atom stereocenters. The second-order valence-electron chi connectivity index (χ2n) is 6.73. The average molecular weight is 400 g/mol. The molecule has 1 N–H and O–H groups in total. The molecule has 1 amide bonds. The molecule has 0 saturated carbocycles. The minimum Gasteiger partial charge on any atom is -0.356 e. The van der Waals surface area contributed by atoms with E-state index >= 15 is 0 Å². The number of benzene rings is 2. The molecule has 6 nitrogen and oxygen atoms in total. The van der Waals surface area contributed by atoms with E-state index in [0.29, 0.717) is 11.3 Å².